The minimum Gasteiger partial charge on any atom is -0.493 e. The van der Waals surface area contributed by atoms with Crippen molar-refractivity contribution in [3.05, 3.63) is 27.7 Å². The Morgan fingerprint density at radius 3 is 3.00 bits per heavy atom. The molecule has 0 saturated heterocycles. The van der Waals surface area contributed by atoms with E-state index >= 15 is 0 Å². The van der Waals surface area contributed by atoms with Crippen LogP contribution in [-0.4, -0.2) is 18.3 Å². The minimum atomic E-state index is -0.958. The van der Waals surface area contributed by atoms with Gasteiger partial charge in [-0.05, 0) is 37.5 Å². The molecule has 1 aromatic carbocycles. The summed E-state index contributed by atoms with van der Waals surface area (Å²) < 4.78 is 6.64. The van der Waals surface area contributed by atoms with Gasteiger partial charge in [0.25, 0.3) is 0 Å². The van der Waals surface area contributed by atoms with Crippen molar-refractivity contribution < 1.29 is 9.84 Å². The van der Waals surface area contributed by atoms with E-state index < -0.39 is 5.60 Å². The van der Waals surface area contributed by atoms with E-state index in [1.165, 1.54) is 0 Å². The third-order valence-corrected chi connectivity index (χ3v) is 3.52. The van der Waals surface area contributed by atoms with E-state index in [0.717, 1.165) is 27.8 Å². The molecule has 1 aliphatic rings. The van der Waals surface area contributed by atoms with Crippen LogP contribution in [0.1, 0.15) is 24.0 Å². The third-order valence-electron chi connectivity index (χ3n) is 3.06. The topological polar surface area (TPSA) is 55.5 Å². The highest BCUT2D eigenvalue weighted by molar-refractivity contribution is 9.10. The maximum absolute atomic E-state index is 10.5. The molecular formula is C12H16BrNO2. The fraction of sp³-hybridized carbons (Fsp3) is 0.500. The number of hydrogen-bond acceptors (Lipinski definition) is 3. The van der Waals surface area contributed by atoms with Gasteiger partial charge in [0.15, 0.2) is 0 Å². The Kier molecular flexibility index (Phi) is 3.24. The average molecular weight is 286 g/mol. The Bertz CT molecular complexity index is 408. The molecule has 1 heterocycles. The molecule has 2 rings (SSSR count). The molecule has 1 atom stereocenters. The predicted molar refractivity (Wildman–Crippen MR) is 66.6 cm³/mol. The standard InChI is InChI=1S/C12H16BrNO2/c1-8-5-9(13)6-10-11(8)16-4-2-3-12(10,15)7-14/h5-6,15H,2-4,7,14H2,1H3. The number of rotatable bonds is 1. The molecule has 0 fully saturated rings. The molecule has 3 N–H and O–H groups in total. The quantitative estimate of drug-likeness (QED) is 0.831. The van der Waals surface area contributed by atoms with Crippen LogP contribution in [0.25, 0.3) is 0 Å². The van der Waals surface area contributed by atoms with Crippen molar-refractivity contribution in [2.75, 3.05) is 13.2 Å². The fourth-order valence-corrected chi connectivity index (χ4v) is 2.72. The first kappa shape index (κ1) is 11.9. The van der Waals surface area contributed by atoms with Crippen molar-refractivity contribution in [1.29, 1.82) is 0 Å². The molecule has 16 heavy (non-hydrogen) atoms. The van der Waals surface area contributed by atoms with Gasteiger partial charge in [-0.3, -0.25) is 0 Å². The van der Waals surface area contributed by atoms with E-state index in [9.17, 15) is 5.11 Å². The van der Waals surface area contributed by atoms with Crippen LogP contribution in [0, 0.1) is 6.92 Å². The van der Waals surface area contributed by atoms with Gasteiger partial charge in [-0.15, -0.1) is 0 Å². The van der Waals surface area contributed by atoms with Crippen molar-refractivity contribution in [3.8, 4) is 5.75 Å². The average Bonchev–Trinajstić information content (AvgIpc) is 2.40. The maximum Gasteiger partial charge on any atom is 0.128 e. The highest BCUT2D eigenvalue weighted by Crippen LogP contribution is 2.39. The molecule has 0 aliphatic carbocycles. The first-order valence-electron chi connectivity index (χ1n) is 5.43. The minimum absolute atomic E-state index is 0.221. The number of benzene rings is 1. The second-order valence-electron chi connectivity index (χ2n) is 4.29. The zero-order valence-electron chi connectivity index (χ0n) is 9.29. The van der Waals surface area contributed by atoms with Crippen LogP contribution in [-0.2, 0) is 5.60 Å². The molecular weight excluding hydrogens is 270 g/mol. The van der Waals surface area contributed by atoms with Crippen molar-refractivity contribution in [2.24, 2.45) is 5.73 Å². The Morgan fingerprint density at radius 1 is 1.56 bits per heavy atom. The van der Waals surface area contributed by atoms with E-state index in [4.69, 9.17) is 10.5 Å². The van der Waals surface area contributed by atoms with Gasteiger partial charge in [0.05, 0.1) is 6.61 Å². The summed E-state index contributed by atoms with van der Waals surface area (Å²) >= 11 is 3.44. The molecule has 88 valence electrons. The summed E-state index contributed by atoms with van der Waals surface area (Å²) in [5.41, 5.74) is 6.57. The predicted octanol–water partition coefficient (Wildman–Crippen LogP) is 2.08. The van der Waals surface area contributed by atoms with Crippen molar-refractivity contribution in [1.82, 2.24) is 0 Å². The van der Waals surface area contributed by atoms with E-state index in [1.807, 2.05) is 19.1 Å². The number of fused-ring (bicyclic) bond motifs is 1. The Morgan fingerprint density at radius 2 is 2.31 bits per heavy atom. The number of hydrogen-bond donors (Lipinski definition) is 2. The van der Waals surface area contributed by atoms with Crippen LogP contribution in [0.4, 0.5) is 0 Å². The highest BCUT2D eigenvalue weighted by atomic mass is 79.9. The van der Waals surface area contributed by atoms with Gasteiger partial charge in [0.2, 0.25) is 0 Å². The number of ether oxygens (including phenoxy) is 1. The highest BCUT2D eigenvalue weighted by Gasteiger charge is 2.33. The Balaban J connectivity index is 2.60. The maximum atomic E-state index is 10.5. The van der Waals surface area contributed by atoms with Crippen LogP contribution in [0.5, 0.6) is 5.75 Å². The largest absolute Gasteiger partial charge is 0.493 e. The van der Waals surface area contributed by atoms with Gasteiger partial charge in [-0.1, -0.05) is 15.9 Å². The van der Waals surface area contributed by atoms with Crippen molar-refractivity contribution in [3.63, 3.8) is 0 Å². The zero-order valence-corrected chi connectivity index (χ0v) is 10.9. The van der Waals surface area contributed by atoms with E-state index in [0.29, 0.717) is 13.0 Å². The molecule has 3 nitrogen and oxygen atoms in total. The van der Waals surface area contributed by atoms with Crippen molar-refractivity contribution in [2.45, 2.75) is 25.4 Å². The van der Waals surface area contributed by atoms with Crippen molar-refractivity contribution >= 4 is 15.9 Å². The molecule has 0 amide bonds. The van der Waals surface area contributed by atoms with Crippen LogP contribution in [0.2, 0.25) is 0 Å². The van der Waals surface area contributed by atoms with Gasteiger partial charge >= 0.3 is 0 Å². The van der Waals surface area contributed by atoms with Gasteiger partial charge in [-0.2, -0.15) is 0 Å². The summed E-state index contributed by atoms with van der Waals surface area (Å²) in [6.45, 7) is 2.84. The molecule has 0 radical (unpaired) electrons. The summed E-state index contributed by atoms with van der Waals surface area (Å²) in [7, 11) is 0. The lowest BCUT2D eigenvalue weighted by Gasteiger charge is -2.26. The van der Waals surface area contributed by atoms with Crippen LogP contribution in [0.3, 0.4) is 0 Å². The zero-order chi connectivity index (χ0) is 11.8. The molecule has 4 heteroatoms. The van der Waals surface area contributed by atoms with Crippen LogP contribution in [0.15, 0.2) is 16.6 Å². The lowest BCUT2D eigenvalue weighted by Crippen LogP contribution is -2.34. The van der Waals surface area contributed by atoms with Crippen LogP contribution >= 0.6 is 15.9 Å². The molecule has 1 aromatic rings. The second-order valence-corrected chi connectivity index (χ2v) is 5.20. The Labute approximate surface area is 104 Å². The van der Waals surface area contributed by atoms with E-state index in [1.54, 1.807) is 0 Å². The normalized spacial score (nSPS) is 24.5. The summed E-state index contributed by atoms with van der Waals surface area (Å²) in [4.78, 5) is 0. The first-order valence-corrected chi connectivity index (χ1v) is 6.22. The lowest BCUT2D eigenvalue weighted by atomic mass is 9.88. The third kappa shape index (κ3) is 1.97. The number of aryl methyl sites for hydroxylation is 1. The van der Waals surface area contributed by atoms with Gasteiger partial charge in [0, 0.05) is 16.6 Å². The molecule has 1 aliphatic heterocycles. The fourth-order valence-electron chi connectivity index (χ4n) is 2.15. The molecule has 0 spiro atoms. The SMILES string of the molecule is Cc1cc(Br)cc2c1OCCCC2(O)CN. The molecule has 0 bridgehead atoms. The lowest BCUT2D eigenvalue weighted by molar-refractivity contribution is 0.0373. The summed E-state index contributed by atoms with van der Waals surface area (Å²) in [5, 5.41) is 10.5. The smallest absolute Gasteiger partial charge is 0.128 e. The molecule has 0 aromatic heterocycles. The van der Waals surface area contributed by atoms with Gasteiger partial charge in [0.1, 0.15) is 11.4 Å². The van der Waals surface area contributed by atoms with E-state index in [-0.39, 0.29) is 6.54 Å². The summed E-state index contributed by atoms with van der Waals surface area (Å²) in [6, 6.07) is 3.89. The number of nitrogens with two attached hydrogens (primary N) is 1. The Hall–Kier alpha value is -0.580. The summed E-state index contributed by atoms with van der Waals surface area (Å²) in [6.07, 6.45) is 1.46. The number of halogens is 1. The molecule has 0 saturated carbocycles. The number of aliphatic hydroxyl groups is 1. The van der Waals surface area contributed by atoms with Gasteiger partial charge in [-0.25, -0.2) is 0 Å². The second kappa shape index (κ2) is 4.35. The van der Waals surface area contributed by atoms with Crippen LogP contribution < -0.4 is 10.5 Å². The molecule has 1 unspecified atom stereocenters. The summed E-state index contributed by atoms with van der Waals surface area (Å²) in [5.74, 6) is 0.786. The monoisotopic (exact) mass is 285 g/mol. The first-order chi connectivity index (χ1) is 7.57. The van der Waals surface area contributed by atoms with E-state index in [2.05, 4.69) is 15.9 Å². The van der Waals surface area contributed by atoms with Gasteiger partial charge < -0.3 is 15.6 Å².